The molecule has 0 spiro atoms. The van der Waals surface area contributed by atoms with Gasteiger partial charge in [0.2, 0.25) is 0 Å². The van der Waals surface area contributed by atoms with Crippen LogP contribution >= 0.6 is 0 Å². The highest BCUT2D eigenvalue weighted by Crippen LogP contribution is 2.21. The summed E-state index contributed by atoms with van der Waals surface area (Å²) in [6.45, 7) is 3.16. The molecule has 0 heterocycles. The van der Waals surface area contributed by atoms with E-state index in [0.717, 1.165) is 18.5 Å². The van der Waals surface area contributed by atoms with Crippen LogP contribution in [0.1, 0.15) is 12.0 Å². The standard InChI is InChI=1S/C15H25FN2O2/c1-19-10-3-8-18(9-11-20-2)15-5-4-13(6-7-17)12-14(15)16/h4-5,12H,3,6-11,17H2,1-2H3. The van der Waals surface area contributed by atoms with E-state index in [9.17, 15) is 4.39 Å². The van der Waals surface area contributed by atoms with Crippen LogP contribution in [0, 0.1) is 5.82 Å². The molecule has 0 bridgehead atoms. The van der Waals surface area contributed by atoms with Gasteiger partial charge in [-0.05, 0) is 37.1 Å². The van der Waals surface area contributed by atoms with Crippen molar-refractivity contribution in [2.45, 2.75) is 12.8 Å². The van der Waals surface area contributed by atoms with E-state index in [0.29, 0.717) is 38.4 Å². The van der Waals surface area contributed by atoms with Crippen molar-refractivity contribution in [3.8, 4) is 0 Å². The number of halogens is 1. The number of nitrogens with zero attached hydrogens (tertiary/aromatic N) is 1. The third-order valence-electron chi connectivity index (χ3n) is 3.13. The molecule has 0 aromatic heterocycles. The summed E-state index contributed by atoms with van der Waals surface area (Å²) in [5.41, 5.74) is 7.03. The molecule has 0 fully saturated rings. The Morgan fingerprint density at radius 1 is 1.15 bits per heavy atom. The molecule has 20 heavy (non-hydrogen) atoms. The number of methoxy groups -OCH3 is 2. The topological polar surface area (TPSA) is 47.7 Å². The number of anilines is 1. The van der Waals surface area contributed by atoms with E-state index in [1.54, 1.807) is 20.3 Å². The third kappa shape index (κ3) is 5.45. The molecular weight excluding hydrogens is 259 g/mol. The highest BCUT2D eigenvalue weighted by Gasteiger charge is 2.12. The van der Waals surface area contributed by atoms with Gasteiger partial charge in [0.1, 0.15) is 5.82 Å². The van der Waals surface area contributed by atoms with Gasteiger partial charge in [-0.2, -0.15) is 0 Å². The minimum atomic E-state index is -0.204. The Kier molecular flexibility index (Phi) is 8.18. The van der Waals surface area contributed by atoms with Crippen LogP contribution in [0.2, 0.25) is 0 Å². The molecular formula is C15H25FN2O2. The molecule has 5 heteroatoms. The molecule has 2 N–H and O–H groups in total. The quantitative estimate of drug-likeness (QED) is 0.666. The van der Waals surface area contributed by atoms with E-state index in [1.165, 1.54) is 0 Å². The molecule has 1 rings (SSSR count). The lowest BCUT2D eigenvalue weighted by Gasteiger charge is -2.25. The normalized spacial score (nSPS) is 10.8. The summed E-state index contributed by atoms with van der Waals surface area (Å²) in [6.07, 6.45) is 1.54. The van der Waals surface area contributed by atoms with Crippen LogP contribution in [0.3, 0.4) is 0 Å². The monoisotopic (exact) mass is 284 g/mol. The van der Waals surface area contributed by atoms with Crippen molar-refractivity contribution in [2.75, 3.05) is 52.0 Å². The zero-order chi connectivity index (χ0) is 14.8. The first-order valence-electron chi connectivity index (χ1n) is 6.94. The second-order valence-electron chi connectivity index (χ2n) is 4.65. The average Bonchev–Trinajstić information content (AvgIpc) is 2.44. The Morgan fingerprint density at radius 2 is 1.90 bits per heavy atom. The van der Waals surface area contributed by atoms with Crippen LogP contribution in [0.5, 0.6) is 0 Å². The SMILES string of the molecule is COCCCN(CCOC)c1ccc(CCN)cc1F. The second-order valence-corrected chi connectivity index (χ2v) is 4.65. The van der Waals surface area contributed by atoms with Crippen molar-refractivity contribution in [2.24, 2.45) is 5.73 Å². The molecule has 4 nitrogen and oxygen atoms in total. The fraction of sp³-hybridized carbons (Fsp3) is 0.600. The van der Waals surface area contributed by atoms with E-state index >= 15 is 0 Å². The minimum Gasteiger partial charge on any atom is -0.385 e. The van der Waals surface area contributed by atoms with Gasteiger partial charge in [0.15, 0.2) is 0 Å². The van der Waals surface area contributed by atoms with E-state index in [-0.39, 0.29) is 5.82 Å². The molecule has 0 amide bonds. The Hall–Kier alpha value is -1.17. The van der Waals surface area contributed by atoms with Crippen molar-refractivity contribution in [1.82, 2.24) is 0 Å². The highest BCUT2D eigenvalue weighted by molar-refractivity contribution is 5.49. The van der Waals surface area contributed by atoms with Gasteiger partial charge in [0.05, 0.1) is 12.3 Å². The molecule has 0 atom stereocenters. The van der Waals surface area contributed by atoms with Crippen LogP contribution in [0.15, 0.2) is 18.2 Å². The van der Waals surface area contributed by atoms with Crippen molar-refractivity contribution < 1.29 is 13.9 Å². The molecule has 0 aliphatic heterocycles. The van der Waals surface area contributed by atoms with Gasteiger partial charge >= 0.3 is 0 Å². The van der Waals surface area contributed by atoms with Crippen molar-refractivity contribution in [1.29, 1.82) is 0 Å². The number of benzene rings is 1. The molecule has 0 radical (unpaired) electrons. The number of rotatable bonds is 10. The van der Waals surface area contributed by atoms with Gasteiger partial charge in [-0.3, -0.25) is 0 Å². The van der Waals surface area contributed by atoms with Gasteiger partial charge < -0.3 is 20.1 Å². The Labute approximate surface area is 120 Å². The summed E-state index contributed by atoms with van der Waals surface area (Å²) < 4.78 is 24.3. The molecule has 0 saturated carbocycles. The molecule has 0 aliphatic carbocycles. The first kappa shape index (κ1) is 16.9. The van der Waals surface area contributed by atoms with Gasteiger partial charge in [-0.25, -0.2) is 4.39 Å². The first-order valence-corrected chi connectivity index (χ1v) is 6.94. The van der Waals surface area contributed by atoms with E-state index in [1.807, 2.05) is 17.0 Å². The summed E-state index contributed by atoms with van der Waals surface area (Å²) >= 11 is 0. The van der Waals surface area contributed by atoms with E-state index < -0.39 is 0 Å². The maximum absolute atomic E-state index is 14.2. The van der Waals surface area contributed by atoms with Crippen LogP contribution in [-0.4, -0.2) is 47.1 Å². The maximum atomic E-state index is 14.2. The molecule has 0 aliphatic rings. The smallest absolute Gasteiger partial charge is 0.146 e. The number of ether oxygens (including phenoxy) is 2. The summed E-state index contributed by atoms with van der Waals surface area (Å²) in [5, 5.41) is 0. The lowest BCUT2D eigenvalue weighted by atomic mass is 10.1. The van der Waals surface area contributed by atoms with Crippen molar-refractivity contribution in [3.05, 3.63) is 29.6 Å². The zero-order valence-corrected chi connectivity index (χ0v) is 12.4. The fourth-order valence-corrected chi connectivity index (χ4v) is 2.08. The Bertz CT molecular complexity index is 388. The average molecular weight is 284 g/mol. The summed E-state index contributed by atoms with van der Waals surface area (Å²) in [7, 11) is 3.32. The second kappa shape index (κ2) is 9.69. The van der Waals surface area contributed by atoms with Gasteiger partial charge in [-0.15, -0.1) is 0 Å². The van der Waals surface area contributed by atoms with E-state index in [2.05, 4.69) is 0 Å². The predicted molar refractivity (Wildman–Crippen MR) is 79.7 cm³/mol. The van der Waals surface area contributed by atoms with Gasteiger partial charge in [0, 0.05) is 33.9 Å². The Morgan fingerprint density at radius 3 is 2.50 bits per heavy atom. The zero-order valence-electron chi connectivity index (χ0n) is 12.4. The highest BCUT2D eigenvalue weighted by atomic mass is 19.1. The molecule has 0 unspecified atom stereocenters. The van der Waals surface area contributed by atoms with Gasteiger partial charge in [0.25, 0.3) is 0 Å². The summed E-state index contributed by atoms with van der Waals surface area (Å²) in [5.74, 6) is -0.204. The number of hydrogen-bond donors (Lipinski definition) is 1. The van der Waals surface area contributed by atoms with Crippen molar-refractivity contribution in [3.63, 3.8) is 0 Å². The first-order chi connectivity index (χ1) is 9.72. The van der Waals surface area contributed by atoms with Crippen LogP contribution in [0.25, 0.3) is 0 Å². The summed E-state index contributed by atoms with van der Waals surface area (Å²) in [6, 6.07) is 5.32. The lowest BCUT2D eigenvalue weighted by Crippen LogP contribution is -2.29. The van der Waals surface area contributed by atoms with Crippen molar-refractivity contribution >= 4 is 5.69 Å². The van der Waals surface area contributed by atoms with Crippen LogP contribution in [-0.2, 0) is 15.9 Å². The third-order valence-corrected chi connectivity index (χ3v) is 3.13. The fourth-order valence-electron chi connectivity index (χ4n) is 2.08. The molecule has 1 aromatic carbocycles. The molecule has 114 valence electrons. The predicted octanol–water partition coefficient (Wildman–Crippen LogP) is 1.82. The van der Waals surface area contributed by atoms with Crippen LogP contribution < -0.4 is 10.6 Å². The molecule has 1 aromatic rings. The maximum Gasteiger partial charge on any atom is 0.146 e. The Balaban J connectivity index is 2.77. The van der Waals surface area contributed by atoms with Crippen LogP contribution in [0.4, 0.5) is 10.1 Å². The summed E-state index contributed by atoms with van der Waals surface area (Å²) in [4.78, 5) is 1.99. The largest absolute Gasteiger partial charge is 0.385 e. The lowest BCUT2D eigenvalue weighted by molar-refractivity contribution is 0.191. The minimum absolute atomic E-state index is 0.204. The number of hydrogen-bond acceptors (Lipinski definition) is 4. The van der Waals surface area contributed by atoms with Gasteiger partial charge in [-0.1, -0.05) is 6.07 Å². The number of nitrogens with two attached hydrogens (primary N) is 1. The molecule has 0 saturated heterocycles. The van der Waals surface area contributed by atoms with E-state index in [4.69, 9.17) is 15.2 Å².